The minimum atomic E-state index is -0.755. The zero-order valence-corrected chi connectivity index (χ0v) is 14.8. The lowest BCUT2D eigenvalue weighted by atomic mass is 10.1. The van der Waals surface area contributed by atoms with Crippen LogP contribution in [0, 0.1) is 0 Å². The van der Waals surface area contributed by atoms with Gasteiger partial charge in [-0.25, -0.2) is 4.79 Å². The van der Waals surface area contributed by atoms with E-state index in [9.17, 15) is 14.7 Å². The van der Waals surface area contributed by atoms with E-state index in [1.807, 2.05) is 30.3 Å². The van der Waals surface area contributed by atoms with Gasteiger partial charge in [0.25, 0.3) is 5.91 Å². The molecule has 0 fully saturated rings. The summed E-state index contributed by atoms with van der Waals surface area (Å²) in [5.74, 6) is -0.656. The highest BCUT2D eigenvalue weighted by molar-refractivity contribution is 6.01. The van der Waals surface area contributed by atoms with Crippen LogP contribution in [0.25, 0.3) is 10.8 Å². The van der Waals surface area contributed by atoms with Gasteiger partial charge < -0.3 is 19.9 Å². The standard InChI is InChI=1S/C21H19NO5/c1-26-16-7-4-5-14(11-16)12-22-19(23)13-27-21(25)18-10-9-15-6-2-3-8-17(15)20(18)24/h2-11,24H,12-13H2,1H3,(H,22,23). The van der Waals surface area contributed by atoms with Crippen molar-refractivity contribution >= 4 is 22.6 Å². The van der Waals surface area contributed by atoms with Crippen molar-refractivity contribution in [2.24, 2.45) is 0 Å². The Balaban J connectivity index is 1.57. The van der Waals surface area contributed by atoms with Crippen LogP contribution < -0.4 is 10.1 Å². The second-order valence-electron chi connectivity index (χ2n) is 5.89. The van der Waals surface area contributed by atoms with E-state index in [-0.39, 0.29) is 17.9 Å². The normalized spacial score (nSPS) is 10.4. The summed E-state index contributed by atoms with van der Waals surface area (Å²) < 4.78 is 10.1. The average molecular weight is 365 g/mol. The van der Waals surface area contributed by atoms with Crippen LogP contribution in [-0.4, -0.2) is 30.7 Å². The number of methoxy groups -OCH3 is 1. The van der Waals surface area contributed by atoms with E-state index < -0.39 is 18.5 Å². The predicted octanol–water partition coefficient (Wildman–Crippen LogP) is 3.03. The van der Waals surface area contributed by atoms with E-state index in [0.717, 1.165) is 10.9 Å². The first kappa shape index (κ1) is 18.3. The molecule has 1 amide bonds. The fraction of sp³-hybridized carbons (Fsp3) is 0.143. The molecule has 0 spiro atoms. The molecule has 27 heavy (non-hydrogen) atoms. The summed E-state index contributed by atoms with van der Waals surface area (Å²) in [5.41, 5.74) is 0.885. The van der Waals surface area contributed by atoms with Crippen LogP contribution in [-0.2, 0) is 16.1 Å². The number of phenols is 1. The van der Waals surface area contributed by atoms with Crippen LogP contribution in [0.4, 0.5) is 0 Å². The lowest BCUT2D eigenvalue weighted by Gasteiger charge is -2.09. The largest absolute Gasteiger partial charge is 0.506 e. The van der Waals surface area contributed by atoms with Gasteiger partial charge in [-0.05, 0) is 29.1 Å². The number of fused-ring (bicyclic) bond motifs is 1. The molecule has 0 heterocycles. The van der Waals surface area contributed by atoms with E-state index in [0.29, 0.717) is 11.1 Å². The van der Waals surface area contributed by atoms with Crippen LogP contribution in [0.15, 0.2) is 60.7 Å². The van der Waals surface area contributed by atoms with Crippen molar-refractivity contribution in [3.8, 4) is 11.5 Å². The minimum Gasteiger partial charge on any atom is -0.506 e. The van der Waals surface area contributed by atoms with Gasteiger partial charge in [-0.2, -0.15) is 0 Å². The Bertz CT molecular complexity index is 983. The van der Waals surface area contributed by atoms with Crippen LogP contribution in [0.3, 0.4) is 0 Å². The van der Waals surface area contributed by atoms with Gasteiger partial charge in [0, 0.05) is 11.9 Å². The summed E-state index contributed by atoms with van der Waals surface area (Å²) in [7, 11) is 1.57. The molecule has 0 radical (unpaired) electrons. The number of esters is 1. The number of nitrogens with one attached hydrogen (secondary N) is 1. The molecule has 0 bridgehead atoms. The van der Waals surface area contributed by atoms with Crippen molar-refractivity contribution < 1.29 is 24.2 Å². The number of ether oxygens (including phenoxy) is 2. The van der Waals surface area contributed by atoms with Gasteiger partial charge >= 0.3 is 5.97 Å². The molecule has 0 saturated heterocycles. The fourth-order valence-electron chi connectivity index (χ4n) is 2.66. The highest BCUT2D eigenvalue weighted by Crippen LogP contribution is 2.28. The van der Waals surface area contributed by atoms with E-state index >= 15 is 0 Å². The van der Waals surface area contributed by atoms with Gasteiger partial charge in [0.2, 0.25) is 0 Å². The molecule has 2 N–H and O–H groups in total. The summed E-state index contributed by atoms with van der Waals surface area (Å²) in [5, 5.41) is 14.3. The summed E-state index contributed by atoms with van der Waals surface area (Å²) >= 11 is 0. The van der Waals surface area contributed by atoms with Gasteiger partial charge in [0.1, 0.15) is 17.1 Å². The number of benzene rings is 3. The van der Waals surface area contributed by atoms with Crippen molar-refractivity contribution in [1.82, 2.24) is 5.32 Å². The molecule has 3 aromatic rings. The van der Waals surface area contributed by atoms with Gasteiger partial charge in [-0.1, -0.05) is 42.5 Å². The predicted molar refractivity (Wildman–Crippen MR) is 101 cm³/mol. The number of rotatable bonds is 6. The Labute approximate surface area is 156 Å². The second-order valence-corrected chi connectivity index (χ2v) is 5.89. The van der Waals surface area contributed by atoms with E-state index in [1.54, 1.807) is 31.4 Å². The third kappa shape index (κ3) is 4.36. The molecular weight excluding hydrogens is 346 g/mol. The fourth-order valence-corrected chi connectivity index (χ4v) is 2.66. The smallest absolute Gasteiger partial charge is 0.342 e. The van der Waals surface area contributed by atoms with Crippen LogP contribution in [0.5, 0.6) is 11.5 Å². The van der Waals surface area contributed by atoms with E-state index in [4.69, 9.17) is 9.47 Å². The molecule has 138 valence electrons. The van der Waals surface area contributed by atoms with Gasteiger partial charge in [-0.15, -0.1) is 0 Å². The zero-order valence-electron chi connectivity index (χ0n) is 14.8. The lowest BCUT2D eigenvalue weighted by Crippen LogP contribution is -2.28. The number of hydrogen-bond acceptors (Lipinski definition) is 5. The number of hydrogen-bond donors (Lipinski definition) is 2. The Morgan fingerprint density at radius 2 is 1.85 bits per heavy atom. The number of carbonyl (C=O) groups is 2. The van der Waals surface area contributed by atoms with Crippen molar-refractivity contribution in [3.05, 3.63) is 71.8 Å². The molecule has 0 aliphatic heterocycles. The SMILES string of the molecule is COc1cccc(CNC(=O)COC(=O)c2ccc3ccccc3c2O)c1. The van der Waals surface area contributed by atoms with Gasteiger partial charge in [0.15, 0.2) is 6.61 Å². The summed E-state index contributed by atoms with van der Waals surface area (Å²) in [6.45, 7) is -0.149. The summed E-state index contributed by atoms with van der Waals surface area (Å²) in [6.07, 6.45) is 0. The van der Waals surface area contributed by atoms with Gasteiger partial charge in [0.05, 0.1) is 7.11 Å². The Morgan fingerprint density at radius 1 is 1.04 bits per heavy atom. The first-order valence-electron chi connectivity index (χ1n) is 8.36. The Hall–Kier alpha value is -3.54. The van der Waals surface area contributed by atoms with E-state index in [1.165, 1.54) is 6.07 Å². The highest BCUT2D eigenvalue weighted by atomic mass is 16.5. The first-order chi connectivity index (χ1) is 13.1. The number of amides is 1. The van der Waals surface area contributed by atoms with Crippen molar-refractivity contribution in [2.75, 3.05) is 13.7 Å². The maximum Gasteiger partial charge on any atom is 0.342 e. The molecule has 6 heteroatoms. The van der Waals surface area contributed by atoms with E-state index in [2.05, 4.69) is 5.32 Å². The van der Waals surface area contributed by atoms with Crippen molar-refractivity contribution in [3.63, 3.8) is 0 Å². The number of aromatic hydroxyl groups is 1. The topological polar surface area (TPSA) is 84.9 Å². The maximum absolute atomic E-state index is 12.2. The van der Waals surface area contributed by atoms with Crippen LogP contribution in [0.2, 0.25) is 0 Å². The molecule has 3 rings (SSSR count). The molecule has 3 aromatic carbocycles. The molecule has 6 nitrogen and oxygen atoms in total. The van der Waals surface area contributed by atoms with Gasteiger partial charge in [-0.3, -0.25) is 4.79 Å². The molecule has 0 aromatic heterocycles. The molecule has 0 aliphatic carbocycles. The average Bonchev–Trinajstić information content (AvgIpc) is 2.71. The molecular formula is C21H19NO5. The Morgan fingerprint density at radius 3 is 2.67 bits per heavy atom. The zero-order chi connectivity index (χ0) is 19.2. The second kappa shape index (κ2) is 8.23. The Kier molecular flexibility index (Phi) is 5.56. The summed E-state index contributed by atoms with van der Waals surface area (Å²) in [4.78, 5) is 24.1. The number of carbonyl (C=O) groups excluding carboxylic acids is 2. The van der Waals surface area contributed by atoms with Crippen molar-refractivity contribution in [1.29, 1.82) is 0 Å². The summed E-state index contributed by atoms with van der Waals surface area (Å²) in [6, 6.07) is 17.6. The minimum absolute atomic E-state index is 0.0225. The first-order valence-corrected chi connectivity index (χ1v) is 8.36. The maximum atomic E-state index is 12.2. The highest BCUT2D eigenvalue weighted by Gasteiger charge is 2.16. The third-order valence-corrected chi connectivity index (χ3v) is 4.08. The lowest BCUT2D eigenvalue weighted by molar-refractivity contribution is -0.124. The third-order valence-electron chi connectivity index (χ3n) is 4.08. The van der Waals surface area contributed by atoms with Crippen molar-refractivity contribution in [2.45, 2.75) is 6.54 Å². The van der Waals surface area contributed by atoms with Crippen LogP contribution >= 0.6 is 0 Å². The number of phenolic OH excluding ortho intramolecular Hbond substituents is 1. The quantitative estimate of drug-likeness (QED) is 0.656. The molecule has 0 saturated carbocycles. The monoisotopic (exact) mass is 365 g/mol. The molecule has 0 unspecified atom stereocenters. The molecule has 0 aliphatic rings. The molecule has 0 atom stereocenters. The van der Waals surface area contributed by atoms with Crippen LogP contribution in [0.1, 0.15) is 15.9 Å².